The Kier molecular flexibility index (Phi) is 6.85. The first-order valence-corrected chi connectivity index (χ1v) is 8.54. The van der Waals surface area contributed by atoms with Crippen molar-refractivity contribution in [2.45, 2.75) is 45.4 Å². The van der Waals surface area contributed by atoms with Gasteiger partial charge < -0.3 is 9.47 Å². The Bertz CT molecular complexity index is 690. The van der Waals surface area contributed by atoms with Gasteiger partial charge >= 0.3 is 12.1 Å². The molecule has 0 fully saturated rings. The fourth-order valence-corrected chi connectivity index (χ4v) is 2.73. The van der Waals surface area contributed by atoms with Crippen LogP contribution in [0.2, 0.25) is 0 Å². The van der Waals surface area contributed by atoms with Gasteiger partial charge in [-0.3, -0.25) is 4.57 Å². The molecule has 0 atom stereocenters. The number of esters is 1. The topological polar surface area (TPSA) is 57.5 Å². The minimum absolute atomic E-state index is 0.383. The van der Waals surface area contributed by atoms with Gasteiger partial charge in [-0.2, -0.15) is 0 Å². The van der Waals surface area contributed by atoms with Crippen LogP contribution in [-0.4, -0.2) is 30.3 Å². The van der Waals surface area contributed by atoms with Crippen molar-refractivity contribution in [3.63, 3.8) is 0 Å². The van der Waals surface area contributed by atoms with Crippen LogP contribution in [0.4, 0.5) is 4.79 Å². The van der Waals surface area contributed by atoms with E-state index in [1.54, 1.807) is 24.4 Å². The van der Waals surface area contributed by atoms with Crippen molar-refractivity contribution in [2.75, 3.05) is 13.7 Å². The maximum Gasteiger partial charge on any atom is 0.418 e. The molecule has 5 nitrogen and oxygen atoms in total. The Balaban J connectivity index is 1.99. The third-order valence-electron chi connectivity index (χ3n) is 4.03. The SMILES string of the molecule is CCCCCCCCOC(=O)c1cccc2ccn(C(=O)OC)c12. The van der Waals surface area contributed by atoms with E-state index in [1.807, 2.05) is 6.07 Å². The molecular weight excluding hydrogens is 306 g/mol. The van der Waals surface area contributed by atoms with Gasteiger partial charge in [0.15, 0.2) is 0 Å². The van der Waals surface area contributed by atoms with Crippen LogP contribution in [0, 0.1) is 0 Å². The summed E-state index contributed by atoms with van der Waals surface area (Å²) in [5.41, 5.74) is 0.908. The van der Waals surface area contributed by atoms with Crippen molar-refractivity contribution in [1.29, 1.82) is 0 Å². The summed E-state index contributed by atoms with van der Waals surface area (Å²) in [4.78, 5) is 24.2. The Morgan fingerprint density at radius 3 is 2.54 bits per heavy atom. The minimum Gasteiger partial charge on any atom is -0.462 e. The van der Waals surface area contributed by atoms with Gasteiger partial charge in [0.05, 0.1) is 24.8 Å². The Hall–Kier alpha value is -2.30. The summed E-state index contributed by atoms with van der Waals surface area (Å²) in [6.07, 6.45) is 7.88. The molecule has 24 heavy (non-hydrogen) atoms. The highest BCUT2D eigenvalue weighted by Crippen LogP contribution is 2.21. The molecule has 1 heterocycles. The van der Waals surface area contributed by atoms with Gasteiger partial charge in [-0.05, 0) is 18.6 Å². The molecule has 0 saturated carbocycles. The number of para-hydroxylation sites is 1. The molecule has 2 rings (SSSR count). The van der Waals surface area contributed by atoms with E-state index in [0.717, 1.165) is 18.2 Å². The third kappa shape index (κ3) is 4.37. The zero-order valence-electron chi connectivity index (χ0n) is 14.4. The summed E-state index contributed by atoms with van der Waals surface area (Å²) in [6, 6.07) is 7.08. The first kappa shape index (κ1) is 18.0. The number of ether oxygens (including phenoxy) is 2. The van der Waals surface area contributed by atoms with Gasteiger partial charge in [-0.25, -0.2) is 9.59 Å². The van der Waals surface area contributed by atoms with Gasteiger partial charge in [-0.15, -0.1) is 0 Å². The van der Waals surface area contributed by atoms with Gasteiger partial charge in [-0.1, -0.05) is 51.2 Å². The van der Waals surface area contributed by atoms with Crippen LogP contribution >= 0.6 is 0 Å². The fraction of sp³-hybridized carbons (Fsp3) is 0.474. The molecule has 0 unspecified atom stereocenters. The predicted octanol–water partition coefficient (Wildman–Crippen LogP) is 4.77. The van der Waals surface area contributed by atoms with E-state index in [2.05, 4.69) is 6.92 Å². The van der Waals surface area contributed by atoms with Gasteiger partial charge in [0.25, 0.3) is 0 Å². The van der Waals surface area contributed by atoms with Crippen LogP contribution in [-0.2, 0) is 9.47 Å². The smallest absolute Gasteiger partial charge is 0.418 e. The second kappa shape index (κ2) is 9.11. The largest absolute Gasteiger partial charge is 0.462 e. The van der Waals surface area contributed by atoms with Crippen molar-refractivity contribution in [1.82, 2.24) is 4.57 Å². The number of nitrogens with zero attached hydrogens (tertiary/aromatic N) is 1. The first-order valence-electron chi connectivity index (χ1n) is 8.54. The van der Waals surface area contributed by atoms with Crippen LogP contribution in [0.1, 0.15) is 55.8 Å². The maximum atomic E-state index is 12.4. The summed E-state index contributed by atoms with van der Waals surface area (Å²) >= 11 is 0. The number of hydrogen-bond donors (Lipinski definition) is 0. The lowest BCUT2D eigenvalue weighted by Crippen LogP contribution is -2.14. The standard InChI is InChI=1S/C19H25NO4/c1-3-4-5-6-7-8-14-24-18(21)16-11-9-10-15-12-13-20(17(15)16)19(22)23-2/h9-13H,3-8,14H2,1-2H3. The number of unbranched alkanes of at least 4 members (excludes halogenated alkanes) is 5. The first-order chi connectivity index (χ1) is 11.7. The maximum absolute atomic E-state index is 12.4. The molecule has 0 aliphatic carbocycles. The Morgan fingerprint density at radius 1 is 1.04 bits per heavy atom. The van der Waals surface area contributed by atoms with Crippen LogP contribution in [0.3, 0.4) is 0 Å². The van der Waals surface area contributed by atoms with E-state index < -0.39 is 12.1 Å². The molecule has 0 amide bonds. The molecule has 0 N–H and O–H groups in total. The zero-order valence-corrected chi connectivity index (χ0v) is 14.4. The van der Waals surface area contributed by atoms with Gasteiger partial charge in [0.2, 0.25) is 0 Å². The van der Waals surface area contributed by atoms with E-state index >= 15 is 0 Å². The lowest BCUT2D eigenvalue weighted by molar-refractivity contribution is 0.0499. The molecular formula is C19H25NO4. The molecule has 2 aromatic rings. The monoisotopic (exact) mass is 331 g/mol. The highest BCUT2D eigenvalue weighted by molar-refractivity contribution is 6.05. The molecule has 0 aliphatic rings. The third-order valence-corrected chi connectivity index (χ3v) is 4.03. The van der Waals surface area contributed by atoms with Crippen molar-refractivity contribution in [3.05, 3.63) is 36.0 Å². The molecule has 1 aromatic carbocycles. The van der Waals surface area contributed by atoms with Crippen molar-refractivity contribution in [3.8, 4) is 0 Å². The number of rotatable bonds is 8. The van der Waals surface area contributed by atoms with Crippen LogP contribution in [0.5, 0.6) is 0 Å². The molecule has 1 aromatic heterocycles. The average molecular weight is 331 g/mol. The number of hydrogen-bond acceptors (Lipinski definition) is 4. The summed E-state index contributed by atoms with van der Waals surface area (Å²) in [7, 11) is 1.31. The van der Waals surface area contributed by atoms with Crippen molar-refractivity contribution in [2.24, 2.45) is 0 Å². The minimum atomic E-state index is -0.527. The van der Waals surface area contributed by atoms with Crippen molar-refractivity contribution < 1.29 is 19.1 Å². The summed E-state index contributed by atoms with van der Waals surface area (Å²) < 4.78 is 11.5. The van der Waals surface area contributed by atoms with Gasteiger partial charge in [0.1, 0.15) is 0 Å². The molecule has 0 radical (unpaired) electrons. The fourth-order valence-electron chi connectivity index (χ4n) is 2.73. The normalized spacial score (nSPS) is 10.8. The average Bonchev–Trinajstić information content (AvgIpc) is 3.04. The molecule has 0 bridgehead atoms. The van der Waals surface area contributed by atoms with E-state index in [0.29, 0.717) is 17.7 Å². The molecule has 0 aliphatic heterocycles. The van der Waals surface area contributed by atoms with Crippen molar-refractivity contribution >= 4 is 23.0 Å². The second-order valence-corrected chi connectivity index (χ2v) is 5.80. The van der Waals surface area contributed by atoms with Crippen LogP contribution in [0.25, 0.3) is 10.9 Å². The highest BCUT2D eigenvalue weighted by atomic mass is 16.5. The van der Waals surface area contributed by atoms with E-state index in [1.165, 1.54) is 37.4 Å². The number of fused-ring (bicyclic) bond motifs is 1. The van der Waals surface area contributed by atoms with E-state index in [4.69, 9.17) is 9.47 Å². The number of carbonyl (C=O) groups excluding carboxylic acids is 2. The molecule has 0 saturated heterocycles. The van der Waals surface area contributed by atoms with E-state index in [-0.39, 0.29) is 0 Å². The lowest BCUT2D eigenvalue weighted by Gasteiger charge is -2.08. The summed E-state index contributed by atoms with van der Waals surface area (Å²) in [5.74, 6) is -0.405. The van der Waals surface area contributed by atoms with E-state index in [9.17, 15) is 9.59 Å². The molecule has 130 valence electrons. The van der Waals surface area contributed by atoms with Crippen LogP contribution in [0.15, 0.2) is 30.5 Å². The zero-order chi connectivity index (χ0) is 17.4. The summed E-state index contributed by atoms with van der Waals surface area (Å²) in [5, 5.41) is 0.800. The number of aromatic nitrogens is 1. The van der Waals surface area contributed by atoms with Crippen LogP contribution < -0.4 is 0 Å². The molecule has 5 heteroatoms. The molecule has 0 spiro atoms. The highest BCUT2D eigenvalue weighted by Gasteiger charge is 2.17. The Morgan fingerprint density at radius 2 is 1.79 bits per heavy atom. The predicted molar refractivity (Wildman–Crippen MR) is 93.4 cm³/mol. The Labute approximate surface area is 142 Å². The number of methoxy groups -OCH3 is 1. The van der Waals surface area contributed by atoms with Gasteiger partial charge in [0, 0.05) is 11.6 Å². The second-order valence-electron chi connectivity index (χ2n) is 5.80. The lowest BCUT2D eigenvalue weighted by atomic mass is 10.1. The summed E-state index contributed by atoms with van der Waals surface area (Å²) in [6.45, 7) is 2.59. The quantitative estimate of drug-likeness (QED) is 0.516. The number of carbonyl (C=O) groups is 2. The number of benzene rings is 1.